The van der Waals surface area contributed by atoms with Crippen molar-refractivity contribution >= 4 is 10.0 Å². The lowest BCUT2D eigenvalue weighted by atomic mass is 9.85. The topological polar surface area (TPSA) is 49.4 Å². The lowest BCUT2D eigenvalue weighted by Crippen LogP contribution is -2.41. The van der Waals surface area contributed by atoms with E-state index >= 15 is 0 Å². The van der Waals surface area contributed by atoms with Gasteiger partial charge in [-0.2, -0.15) is 13.2 Å². The van der Waals surface area contributed by atoms with Crippen LogP contribution >= 0.6 is 0 Å². The molecule has 2 fully saturated rings. The summed E-state index contributed by atoms with van der Waals surface area (Å²) in [7, 11) is -3.15. The average molecular weight is 328 g/mol. The summed E-state index contributed by atoms with van der Waals surface area (Å²) in [6.45, 7) is 1.59. The number of hydrogen-bond acceptors (Lipinski definition) is 3. The van der Waals surface area contributed by atoms with Gasteiger partial charge in [-0.05, 0) is 38.1 Å². The second-order valence-corrected chi connectivity index (χ2v) is 8.27. The highest BCUT2D eigenvalue weighted by molar-refractivity contribution is 7.88. The van der Waals surface area contributed by atoms with Crippen LogP contribution in [0.5, 0.6) is 0 Å². The van der Waals surface area contributed by atoms with Crippen LogP contribution in [0.25, 0.3) is 0 Å². The van der Waals surface area contributed by atoms with E-state index in [4.69, 9.17) is 0 Å². The molecular formula is C13H23F3N2O2S. The number of rotatable bonds is 4. The van der Waals surface area contributed by atoms with Crippen molar-refractivity contribution in [1.82, 2.24) is 9.62 Å². The molecule has 1 heterocycles. The van der Waals surface area contributed by atoms with E-state index in [1.54, 1.807) is 0 Å². The van der Waals surface area contributed by atoms with E-state index in [0.717, 1.165) is 12.8 Å². The average Bonchev–Trinajstić information content (AvgIpc) is 2.84. The van der Waals surface area contributed by atoms with Crippen molar-refractivity contribution in [1.29, 1.82) is 0 Å². The van der Waals surface area contributed by atoms with Gasteiger partial charge in [-0.3, -0.25) is 0 Å². The van der Waals surface area contributed by atoms with Gasteiger partial charge in [-0.15, -0.1) is 0 Å². The number of nitrogens with zero attached hydrogens (tertiary/aromatic N) is 1. The van der Waals surface area contributed by atoms with Gasteiger partial charge in [0.25, 0.3) is 0 Å². The van der Waals surface area contributed by atoms with Gasteiger partial charge in [0.15, 0.2) is 0 Å². The van der Waals surface area contributed by atoms with E-state index in [2.05, 4.69) is 5.32 Å². The molecule has 0 amide bonds. The van der Waals surface area contributed by atoms with Crippen LogP contribution in [-0.4, -0.2) is 50.8 Å². The zero-order valence-corrected chi connectivity index (χ0v) is 13.0. The molecule has 0 spiro atoms. The molecule has 1 saturated carbocycles. The van der Waals surface area contributed by atoms with E-state index < -0.39 is 22.1 Å². The normalized spacial score (nSPS) is 32.5. The number of nitrogens with one attached hydrogen (secondary N) is 1. The Bertz CT molecular complexity index is 453. The lowest BCUT2D eigenvalue weighted by Gasteiger charge is -2.31. The zero-order chi connectivity index (χ0) is 15.7. The van der Waals surface area contributed by atoms with Gasteiger partial charge in [0.05, 0.1) is 12.2 Å². The molecule has 1 N–H and O–H groups in total. The molecule has 1 saturated heterocycles. The Morgan fingerprint density at radius 1 is 1.24 bits per heavy atom. The highest BCUT2D eigenvalue weighted by Gasteiger charge is 2.42. The molecule has 2 aliphatic rings. The third kappa shape index (κ3) is 4.82. The summed E-state index contributed by atoms with van der Waals surface area (Å²) in [5.41, 5.74) is 0. The SMILES string of the molecule is CS(=O)(=O)N1CC[C@H](CN[C@H]2CCC[C@H](C(F)(F)F)C2)C1. The van der Waals surface area contributed by atoms with Crippen LogP contribution in [0.1, 0.15) is 32.1 Å². The molecule has 3 atom stereocenters. The van der Waals surface area contributed by atoms with Gasteiger partial charge in [0, 0.05) is 19.1 Å². The summed E-state index contributed by atoms with van der Waals surface area (Å²) >= 11 is 0. The second kappa shape index (κ2) is 6.42. The fourth-order valence-electron chi connectivity index (χ4n) is 3.27. The maximum absolute atomic E-state index is 12.7. The summed E-state index contributed by atoms with van der Waals surface area (Å²) in [4.78, 5) is 0. The van der Waals surface area contributed by atoms with Gasteiger partial charge >= 0.3 is 6.18 Å². The van der Waals surface area contributed by atoms with Crippen LogP contribution < -0.4 is 5.32 Å². The van der Waals surface area contributed by atoms with Crippen LogP contribution in [0, 0.1) is 11.8 Å². The third-order valence-electron chi connectivity index (χ3n) is 4.55. The Balaban J connectivity index is 1.76. The molecular weight excluding hydrogens is 305 g/mol. The molecule has 0 bridgehead atoms. The number of alkyl halides is 3. The molecule has 21 heavy (non-hydrogen) atoms. The Labute approximate surface area is 124 Å². The van der Waals surface area contributed by atoms with Gasteiger partial charge in [0.1, 0.15) is 0 Å². The van der Waals surface area contributed by atoms with Crippen LogP contribution in [0.4, 0.5) is 13.2 Å². The molecule has 0 aromatic rings. The Kier molecular flexibility index (Phi) is 5.20. The van der Waals surface area contributed by atoms with Gasteiger partial charge in [0.2, 0.25) is 10.0 Å². The zero-order valence-electron chi connectivity index (χ0n) is 12.2. The molecule has 4 nitrogen and oxygen atoms in total. The highest BCUT2D eigenvalue weighted by Crippen LogP contribution is 2.37. The first-order valence-electron chi connectivity index (χ1n) is 7.41. The summed E-state index contributed by atoms with van der Waals surface area (Å²) in [6.07, 6.45) is -0.385. The number of hydrogen-bond donors (Lipinski definition) is 1. The standard InChI is InChI=1S/C13H23F3N2O2S/c1-21(19,20)18-6-5-10(9-18)8-17-12-4-2-3-11(7-12)13(14,15)16/h10-12,17H,2-9H2,1H3/t10-,11+,12+/m1/s1. The molecule has 0 unspecified atom stereocenters. The minimum Gasteiger partial charge on any atom is -0.314 e. The van der Waals surface area contributed by atoms with Crippen LogP contribution in [0.15, 0.2) is 0 Å². The van der Waals surface area contributed by atoms with E-state index in [1.807, 2.05) is 0 Å². The summed E-state index contributed by atoms with van der Waals surface area (Å²) < 4.78 is 62.5. The Morgan fingerprint density at radius 3 is 2.52 bits per heavy atom. The Morgan fingerprint density at radius 2 is 1.95 bits per heavy atom. The molecule has 124 valence electrons. The fourth-order valence-corrected chi connectivity index (χ4v) is 4.19. The van der Waals surface area contributed by atoms with Crippen LogP contribution in [0.3, 0.4) is 0 Å². The van der Waals surface area contributed by atoms with Crippen molar-refractivity contribution in [3.8, 4) is 0 Å². The molecule has 2 rings (SSSR count). The molecule has 0 aromatic carbocycles. The second-order valence-electron chi connectivity index (χ2n) is 6.29. The van der Waals surface area contributed by atoms with Gasteiger partial charge < -0.3 is 5.32 Å². The predicted molar refractivity (Wildman–Crippen MR) is 74.3 cm³/mol. The van der Waals surface area contributed by atoms with Crippen molar-refractivity contribution < 1.29 is 21.6 Å². The predicted octanol–water partition coefficient (Wildman–Crippen LogP) is 1.98. The van der Waals surface area contributed by atoms with Gasteiger partial charge in [-0.1, -0.05) is 6.42 Å². The van der Waals surface area contributed by atoms with Crippen molar-refractivity contribution in [3.05, 3.63) is 0 Å². The molecule has 0 radical (unpaired) electrons. The first kappa shape index (κ1) is 17.0. The smallest absolute Gasteiger partial charge is 0.314 e. The van der Waals surface area contributed by atoms with E-state index in [0.29, 0.717) is 26.1 Å². The lowest BCUT2D eigenvalue weighted by molar-refractivity contribution is -0.183. The van der Waals surface area contributed by atoms with Crippen molar-refractivity contribution in [3.63, 3.8) is 0 Å². The van der Waals surface area contributed by atoms with E-state index in [-0.39, 0.29) is 24.8 Å². The first-order valence-corrected chi connectivity index (χ1v) is 9.26. The van der Waals surface area contributed by atoms with E-state index in [1.165, 1.54) is 10.6 Å². The van der Waals surface area contributed by atoms with Crippen molar-refractivity contribution in [2.45, 2.75) is 44.3 Å². The quantitative estimate of drug-likeness (QED) is 0.858. The summed E-state index contributed by atoms with van der Waals surface area (Å²) in [5.74, 6) is -0.995. The monoisotopic (exact) mass is 328 g/mol. The maximum Gasteiger partial charge on any atom is 0.391 e. The third-order valence-corrected chi connectivity index (χ3v) is 5.82. The molecule has 1 aliphatic heterocycles. The molecule has 0 aromatic heterocycles. The first-order chi connectivity index (χ1) is 9.66. The van der Waals surface area contributed by atoms with Crippen molar-refractivity contribution in [2.24, 2.45) is 11.8 Å². The number of halogens is 3. The maximum atomic E-state index is 12.7. The Hall–Kier alpha value is -0.340. The minimum absolute atomic E-state index is 0.0994. The summed E-state index contributed by atoms with van der Waals surface area (Å²) in [6, 6.07) is -0.0994. The van der Waals surface area contributed by atoms with Gasteiger partial charge in [-0.25, -0.2) is 12.7 Å². The van der Waals surface area contributed by atoms with Crippen molar-refractivity contribution in [2.75, 3.05) is 25.9 Å². The molecule has 8 heteroatoms. The van der Waals surface area contributed by atoms with Crippen LogP contribution in [0.2, 0.25) is 0 Å². The van der Waals surface area contributed by atoms with Crippen LogP contribution in [-0.2, 0) is 10.0 Å². The summed E-state index contributed by atoms with van der Waals surface area (Å²) in [5, 5.41) is 3.22. The fraction of sp³-hybridized carbons (Fsp3) is 1.00. The van der Waals surface area contributed by atoms with E-state index in [9.17, 15) is 21.6 Å². The highest BCUT2D eigenvalue weighted by atomic mass is 32.2. The molecule has 1 aliphatic carbocycles. The number of sulfonamides is 1. The largest absolute Gasteiger partial charge is 0.391 e. The minimum atomic E-state index is -4.10.